The summed E-state index contributed by atoms with van der Waals surface area (Å²) < 4.78 is 5.03. The van der Waals surface area contributed by atoms with E-state index < -0.39 is 5.97 Å². The molecule has 98 valence electrons. The van der Waals surface area contributed by atoms with Crippen molar-refractivity contribution in [1.82, 2.24) is 10.2 Å². The molecule has 0 saturated carbocycles. The fourth-order valence-electron chi connectivity index (χ4n) is 1.86. The highest BCUT2D eigenvalue weighted by atomic mass is 16.5. The lowest BCUT2D eigenvalue weighted by Gasteiger charge is -2.18. The summed E-state index contributed by atoms with van der Waals surface area (Å²) in [5.41, 5.74) is 0. The summed E-state index contributed by atoms with van der Waals surface area (Å²) in [6, 6.07) is -0.137. The number of rotatable bonds is 5. The van der Waals surface area contributed by atoms with E-state index in [2.05, 4.69) is 5.32 Å². The lowest BCUT2D eigenvalue weighted by atomic mass is 10.1. The van der Waals surface area contributed by atoms with Gasteiger partial charge in [-0.1, -0.05) is 0 Å². The highest BCUT2D eigenvalue weighted by Crippen LogP contribution is 2.19. The molecular formula is C11H20N2O4. The summed E-state index contributed by atoms with van der Waals surface area (Å²) >= 11 is 0. The fraction of sp³-hybridized carbons (Fsp3) is 0.818. The Labute approximate surface area is 101 Å². The van der Waals surface area contributed by atoms with Gasteiger partial charge in [-0.2, -0.15) is 0 Å². The zero-order valence-corrected chi connectivity index (χ0v) is 10.3. The van der Waals surface area contributed by atoms with E-state index in [9.17, 15) is 9.59 Å². The van der Waals surface area contributed by atoms with Crippen LogP contribution >= 0.6 is 0 Å². The number of ether oxygens (including phenoxy) is 1. The van der Waals surface area contributed by atoms with E-state index in [1.807, 2.05) is 6.92 Å². The highest BCUT2D eigenvalue weighted by Gasteiger charge is 2.27. The molecule has 2 amide bonds. The van der Waals surface area contributed by atoms with Crippen molar-refractivity contribution in [3.63, 3.8) is 0 Å². The Morgan fingerprint density at radius 3 is 2.88 bits per heavy atom. The normalized spacial score (nSPS) is 21.3. The molecule has 6 nitrogen and oxygen atoms in total. The number of amides is 2. The first-order chi connectivity index (χ1) is 8.02. The average molecular weight is 244 g/mol. The van der Waals surface area contributed by atoms with E-state index >= 15 is 0 Å². The van der Waals surface area contributed by atoms with Crippen LogP contribution in [0.15, 0.2) is 0 Å². The first kappa shape index (κ1) is 13.8. The summed E-state index contributed by atoms with van der Waals surface area (Å²) in [4.78, 5) is 23.9. The fourth-order valence-corrected chi connectivity index (χ4v) is 1.86. The molecule has 1 aliphatic rings. The van der Waals surface area contributed by atoms with Crippen molar-refractivity contribution in [3.8, 4) is 0 Å². The summed E-state index contributed by atoms with van der Waals surface area (Å²) in [7, 11) is 1.59. The molecule has 6 heteroatoms. The molecule has 1 aliphatic heterocycles. The molecule has 0 radical (unpaired) electrons. The standard InChI is InChI=1S/C11H20N2O4/c1-8(17-2)6-12-11(16)13-4-3-9(7-13)5-10(14)15/h8-9H,3-7H2,1-2H3,(H,12,16)(H,14,15). The lowest BCUT2D eigenvalue weighted by molar-refractivity contribution is -0.138. The van der Waals surface area contributed by atoms with Gasteiger partial charge in [0.2, 0.25) is 0 Å². The number of carboxylic acids is 1. The maximum absolute atomic E-state index is 11.7. The van der Waals surface area contributed by atoms with E-state index in [0.717, 1.165) is 6.42 Å². The lowest BCUT2D eigenvalue weighted by Crippen LogP contribution is -2.41. The predicted octanol–water partition coefficient (Wildman–Crippen LogP) is 0.527. The van der Waals surface area contributed by atoms with Gasteiger partial charge in [-0.25, -0.2) is 4.79 Å². The second-order valence-electron chi connectivity index (χ2n) is 4.43. The summed E-state index contributed by atoms with van der Waals surface area (Å²) in [6.07, 6.45) is 0.883. The van der Waals surface area contributed by atoms with Gasteiger partial charge < -0.3 is 20.1 Å². The van der Waals surface area contributed by atoms with Crippen molar-refractivity contribution < 1.29 is 19.4 Å². The van der Waals surface area contributed by atoms with Gasteiger partial charge in [0.1, 0.15) is 0 Å². The number of hydrogen-bond acceptors (Lipinski definition) is 3. The molecular weight excluding hydrogens is 224 g/mol. The Hall–Kier alpha value is -1.30. The van der Waals surface area contributed by atoms with Gasteiger partial charge in [-0.05, 0) is 19.3 Å². The Balaban J connectivity index is 2.28. The van der Waals surface area contributed by atoms with Crippen LogP contribution in [0.5, 0.6) is 0 Å². The first-order valence-electron chi connectivity index (χ1n) is 5.80. The number of carbonyl (C=O) groups is 2. The third kappa shape index (κ3) is 4.60. The monoisotopic (exact) mass is 244 g/mol. The van der Waals surface area contributed by atoms with Crippen molar-refractivity contribution in [2.75, 3.05) is 26.7 Å². The molecule has 1 heterocycles. The third-order valence-corrected chi connectivity index (χ3v) is 2.98. The van der Waals surface area contributed by atoms with E-state index in [1.54, 1.807) is 12.0 Å². The maximum atomic E-state index is 11.7. The van der Waals surface area contributed by atoms with Crippen LogP contribution in [0.2, 0.25) is 0 Å². The molecule has 0 aromatic heterocycles. The second kappa shape index (κ2) is 6.44. The average Bonchev–Trinajstić information content (AvgIpc) is 2.72. The number of aliphatic carboxylic acids is 1. The molecule has 1 fully saturated rings. The number of methoxy groups -OCH3 is 1. The van der Waals surface area contributed by atoms with Crippen LogP contribution in [0.4, 0.5) is 4.79 Å². The van der Waals surface area contributed by atoms with E-state index in [-0.39, 0.29) is 24.5 Å². The quantitative estimate of drug-likeness (QED) is 0.739. The zero-order valence-electron chi connectivity index (χ0n) is 10.3. The first-order valence-corrected chi connectivity index (χ1v) is 5.80. The largest absolute Gasteiger partial charge is 0.481 e. The summed E-state index contributed by atoms with van der Waals surface area (Å²) in [5.74, 6) is -0.719. The molecule has 2 unspecified atom stereocenters. The van der Waals surface area contributed by atoms with Crippen molar-refractivity contribution in [2.24, 2.45) is 5.92 Å². The number of nitrogens with zero attached hydrogens (tertiary/aromatic N) is 1. The van der Waals surface area contributed by atoms with Crippen LogP contribution in [0.25, 0.3) is 0 Å². The van der Waals surface area contributed by atoms with Crippen LogP contribution in [0, 0.1) is 5.92 Å². The SMILES string of the molecule is COC(C)CNC(=O)N1CCC(CC(=O)O)C1. The Morgan fingerprint density at radius 2 is 2.29 bits per heavy atom. The van der Waals surface area contributed by atoms with Crippen LogP contribution in [-0.4, -0.2) is 54.9 Å². The second-order valence-corrected chi connectivity index (χ2v) is 4.43. The molecule has 2 atom stereocenters. The third-order valence-electron chi connectivity index (χ3n) is 2.98. The molecule has 17 heavy (non-hydrogen) atoms. The van der Waals surface area contributed by atoms with Crippen molar-refractivity contribution >= 4 is 12.0 Å². The number of likely N-dealkylation sites (tertiary alicyclic amines) is 1. The topological polar surface area (TPSA) is 78.9 Å². The van der Waals surface area contributed by atoms with E-state index in [4.69, 9.17) is 9.84 Å². The molecule has 0 aromatic carbocycles. The van der Waals surface area contributed by atoms with Gasteiger partial charge in [-0.3, -0.25) is 4.79 Å². The van der Waals surface area contributed by atoms with Crippen molar-refractivity contribution in [2.45, 2.75) is 25.9 Å². The highest BCUT2D eigenvalue weighted by molar-refractivity contribution is 5.74. The Bertz CT molecular complexity index is 283. The smallest absolute Gasteiger partial charge is 0.317 e. The van der Waals surface area contributed by atoms with E-state index in [0.29, 0.717) is 19.6 Å². The number of carboxylic acid groups (broad SMARTS) is 1. The molecule has 0 aromatic rings. The van der Waals surface area contributed by atoms with Gasteiger partial charge in [-0.15, -0.1) is 0 Å². The minimum absolute atomic E-state index is 0.0173. The van der Waals surface area contributed by atoms with Gasteiger partial charge >= 0.3 is 12.0 Å². The minimum atomic E-state index is -0.801. The summed E-state index contributed by atoms with van der Waals surface area (Å²) in [5, 5.41) is 11.4. The van der Waals surface area contributed by atoms with Crippen LogP contribution in [0.1, 0.15) is 19.8 Å². The molecule has 1 saturated heterocycles. The number of urea groups is 1. The molecule has 1 rings (SSSR count). The Kier molecular flexibility index (Phi) is 5.21. The molecule has 0 bridgehead atoms. The maximum Gasteiger partial charge on any atom is 0.317 e. The van der Waals surface area contributed by atoms with Gasteiger partial charge in [0.25, 0.3) is 0 Å². The minimum Gasteiger partial charge on any atom is -0.481 e. The molecule has 0 aliphatic carbocycles. The number of carbonyl (C=O) groups excluding carboxylic acids is 1. The zero-order chi connectivity index (χ0) is 12.8. The molecule has 0 spiro atoms. The van der Waals surface area contributed by atoms with Crippen LogP contribution < -0.4 is 5.32 Å². The van der Waals surface area contributed by atoms with Gasteiger partial charge in [0.15, 0.2) is 0 Å². The molecule has 2 N–H and O–H groups in total. The van der Waals surface area contributed by atoms with Crippen LogP contribution in [0.3, 0.4) is 0 Å². The Morgan fingerprint density at radius 1 is 1.59 bits per heavy atom. The predicted molar refractivity (Wildman–Crippen MR) is 61.8 cm³/mol. The number of nitrogens with one attached hydrogen (secondary N) is 1. The number of hydrogen-bond donors (Lipinski definition) is 2. The van der Waals surface area contributed by atoms with Crippen LogP contribution in [-0.2, 0) is 9.53 Å². The summed E-state index contributed by atoms with van der Waals surface area (Å²) in [6.45, 7) is 3.50. The van der Waals surface area contributed by atoms with Crippen molar-refractivity contribution in [3.05, 3.63) is 0 Å². The van der Waals surface area contributed by atoms with E-state index in [1.165, 1.54) is 0 Å². The van der Waals surface area contributed by atoms with Gasteiger partial charge in [0.05, 0.1) is 6.10 Å². The van der Waals surface area contributed by atoms with Gasteiger partial charge in [0, 0.05) is 33.2 Å². The van der Waals surface area contributed by atoms with Crippen molar-refractivity contribution in [1.29, 1.82) is 0 Å².